The highest BCUT2D eigenvalue weighted by atomic mass is 35.5. The number of amidine groups is 1. The molecule has 2 aliphatic rings. The summed E-state index contributed by atoms with van der Waals surface area (Å²) in [6.45, 7) is 2.45. The molecule has 0 aromatic carbocycles. The maximum absolute atomic E-state index is 8.39. The van der Waals surface area contributed by atoms with Gasteiger partial charge in [-0.05, 0) is 6.07 Å². The van der Waals surface area contributed by atoms with Crippen LogP contribution in [0.1, 0.15) is 5.56 Å². The van der Waals surface area contributed by atoms with Crippen molar-refractivity contribution >= 4 is 34.5 Å². The average molecular weight is 291 g/mol. The summed E-state index contributed by atoms with van der Waals surface area (Å²) >= 11 is 6.00. The molecule has 3 heterocycles. The molecule has 20 heavy (non-hydrogen) atoms. The van der Waals surface area contributed by atoms with E-state index in [1.807, 2.05) is 4.90 Å². The highest BCUT2D eigenvalue weighted by molar-refractivity contribution is 6.58. The molecule has 0 bridgehead atoms. The molecule has 6 nitrogen and oxygen atoms in total. The molecule has 1 aromatic rings. The number of hydrogen-bond acceptors (Lipinski definition) is 6. The van der Waals surface area contributed by atoms with E-state index < -0.39 is 0 Å². The largest absolute Gasteiger partial charge is 0.393 e. The monoisotopic (exact) mass is 290 g/mol. The van der Waals surface area contributed by atoms with E-state index >= 15 is 0 Å². The van der Waals surface area contributed by atoms with Crippen molar-refractivity contribution < 1.29 is 0 Å². The summed E-state index contributed by atoms with van der Waals surface area (Å²) in [4.78, 5) is 10.8. The van der Waals surface area contributed by atoms with E-state index in [-0.39, 0.29) is 0 Å². The van der Waals surface area contributed by atoms with E-state index in [0.717, 1.165) is 24.2 Å². The Morgan fingerprint density at radius 2 is 2.40 bits per heavy atom. The maximum atomic E-state index is 8.39. The minimum absolute atomic E-state index is 0.389. The minimum Gasteiger partial charge on any atom is -0.393 e. The predicted molar refractivity (Wildman–Crippen MR) is 80.7 cm³/mol. The van der Waals surface area contributed by atoms with E-state index in [9.17, 15) is 0 Å². The van der Waals surface area contributed by atoms with Crippen LogP contribution < -0.4 is 10.6 Å². The topological polar surface area (TPSA) is 76.4 Å². The van der Waals surface area contributed by atoms with Gasteiger partial charge in [-0.1, -0.05) is 11.6 Å². The van der Waals surface area contributed by atoms with Gasteiger partial charge in [0.2, 0.25) is 0 Å². The van der Waals surface area contributed by atoms with Crippen molar-refractivity contribution in [3.05, 3.63) is 29.0 Å². The predicted octanol–water partition coefficient (Wildman–Crippen LogP) is 1.22. The van der Waals surface area contributed by atoms with Crippen LogP contribution in [0, 0.1) is 5.41 Å². The lowest BCUT2D eigenvalue weighted by Crippen LogP contribution is -2.37. The Hall–Kier alpha value is -1.92. The summed E-state index contributed by atoms with van der Waals surface area (Å²) < 4.78 is 0. The maximum Gasteiger partial charge on any atom is 0.162 e. The van der Waals surface area contributed by atoms with E-state index in [1.54, 1.807) is 25.5 Å². The van der Waals surface area contributed by atoms with E-state index in [0.29, 0.717) is 29.1 Å². The summed E-state index contributed by atoms with van der Waals surface area (Å²) in [5, 5.41) is 15.2. The lowest BCUT2D eigenvalue weighted by Gasteiger charge is -2.25. The molecule has 1 fully saturated rings. The first-order chi connectivity index (χ1) is 9.70. The summed E-state index contributed by atoms with van der Waals surface area (Å²) in [5.41, 5.74) is 1.93. The third-order valence-electron chi connectivity index (χ3n) is 3.28. The molecule has 0 radical (unpaired) electrons. The molecule has 0 spiro atoms. The number of hydrogen-bond donors (Lipinski definition) is 3. The first-order valence-corrected chi connectivity index (χ1v) is 6.75. The Bertz CT molecular complexity index is 615. The molecule has 0 aliphatic carbocycles. The SMILES string of the molecule is CN/C=C1\C(=N)C(N2CCNC2)=Nc2ncc(Cl)cc21. The van der Waals surface area contributed by atoms with Crippen LogP contribution in [0.5, 0.6) is 0 Å². The molecular formula is C13H15ClN6. The smallest absolute Gasteiger partial charge is 0.162 e. The lowest BCUT2D eigenvalue weighted by atomic mass is 9.99. The van der Waals surface area contributed by atoms with Gasteiger partial charge in [0.25, 0.3) is 0 Å². The van der Waals surface area contributed by atoms with Gasteiger partial charge in [-0.25, -0.2) is 9.98 Å². The minimum atomic E-state index is 0.389. The average Bonchev–Trinajstić information content (AvgIpc) is 2.96. The fourth-order valence-electron chi connectivity index (χ4n) is 2.34. The number of fused-ring (bicyclic) bond motifs is 1. The molecule has 104 valence electrons. The Morgan fingerprint density at radius 1 is 1.55 bits per heavy atom. The van der Waals surface area contributed by atoms with E-state index in [1.165, 1.54) is 0 Å². The van der Waals surface area contributed by atoms with Crippen LogP contribution in [0.25, 0.3) is 5.57 Å². The normalized spacial score (nSPS) is 20.1. The van der Waals surface area contributed by atoms with Crippen molar-refractivity contribution in [2.45, 2.75) is 0 Å². The molecule has 1 aromatic heterocycles. The Morgan fingerprint density at radius 3 is 3.10 bits per heavy atom. The van der Waals surface area contributed by atoms with Crippen LogP contribution in [-0.2, 0) is 0 Å². The van der Waals surface area contributed by atoms with Crippen molar-refractivity contribution in [1.82, 2.24) is 20.5 Å². The first-order valence-electron chi connectivity index (χ1n) is 6.37. The van der Waals surface area contributed by atoms with Crippen LogP contribution in [0.4, 0.5) is 5.82 Å². The zero-order valence-corrected chi connectivity index (χ0v) is 11.8. The number of aliphatic imine (C=N–C) groups is 1. The quantitative estimate of drug-likeness (QED) is 0.727. The number of aromatic nitrogens is 1. The van der Waals surface area contributed by atoms with Crippen LogP contribution in [0.15, 0.2) is 23.5 Å². The van der Waals surface area contributed by atoms with Gasteiger partial charge < -0.3 is 10.2 Å². The van der Waals surface area contributed by atoms with Crippen LogP contribution in [0.2, 0.25) is 5.02 Å². The van der Waals surface area contributed by atoms with Gasteiger partial charge in [0.15, 0.2) is 11.7 Å². The Balaban J connectivity index is 2.12. The van der Waals surface area contributed by atoms with Crippen molar-refractivity contribution in [1.29, 1.82) is 5.41 Å². The Kier molecular flexibility index (Phi) is 3.42. The second-order valence-corrected chi connectivity index (χ2v) is 5.04. The van der Waals surface area contributed by atoms with Crippen molar-refractivity contribution in [3.8, 4) is 0 Å². The molecule has 1 saturated heterocycles. The zero-order valence-electron chi connectivity index (χ0n) is 11.1. The van der Waals surface area contributed by atoms with Crippen LogP contribution in [-0.4, -0.2) is 48.2 Å². The van der Waals surface area contributed by atoms with Gasteiger partial charge in [0.1, 0.15) is 5.71 Å². The number of nitrogens with one attached hydrogen (secondary N) is 3. The summed E-state index contributed by atoms with van der Waals surface area (Å²) in [6.07, 6.45) is 3.37. The molecule has 0 saturated carbocycles. The number of pyridine rings is 1. The van der Waals surface area contributed by atoms with Gasteiger partial charge in [0, 0.05) is 43.7 Å². The second kappa shape index (κ2) is 5.22. The fraction of sp³-hybridized carbons (Fsp3) is 0.308. The molecule has 7 heteroatoms. The number of rotatable bonds is 1. The number of halogens is 1. The van der Waals surface area contributed by atoms with Gasteiger partial charge in [-0.15, -0.1) is 0 Å². The van der Waals surface area contributed by atoms with E-state index in [4.69, 9.17) is 17.0 Å². The van der Waals surface area contributed by atoms with Gasteiger partial charge >= 0.3 is 0 Å². The summed E-state index contributed by atoms with van der Waals surface area (Å²) in [7, 11) is 1.81. The molecular weight excluding hydrogens is 276 g/mol. The first kappa shape index (κ1) is 13.1. The van der Waals surface area contributed by atoms with Gasteiger partial charge in [-0.3, -0.25) is 10.7 Å². The molecule has 3 N–H and O–H groups in total. The molecule has 2 aliphatic heterocycles. The highest BCUT2D eigenvalue weighted by Crippen LogP contribution is 2.32. The number of nitrogens with zero attached hydrogens (tertiary/aromatic N) is 3. The lowest BCUT2D eigenvalue weighted by molar-refractivity contribution is 0.517. The molecule has 0 atom stereocenters. The van der Waals surface area contributed by atoms with E-state index in [2.05, 4.69) is 20.6 Å². The second-order valence-electron chi connectivity index (χ2n) is 4.60. The van der Waals surface area contributed by atoms with Crippen molar-refractivity contribution in [2.75, 3.05) is 26.8 Å². The summed E-state index contributed by atoms with van der Waals surface area (Å²) in [6, 6.07) is 1.80. The standard InChI is InChI=1S/C13H15ClN6/c1-16-6-10-9-4-8(14)5-18-12(9)19-13(11(10)15)20-3-2-17-7-20/h4-6,15-17H,2-3,7H2,1H3/b10-6-,15-11?. The highest BCUT2D eigenvalue weighted by Gasteiger charge is 2.28. The van der Waals surface area contributed by atoms with Gasteiger partial charge in [0.05, 0.1) is 11.7 Å². The molecule has 3 rings (SSSR count). The van der Waals surface area contributed by atoms with Crippen LogP contribution >= 0.6 is 11.6 Å². The van der Waals surface area contributed by atoms with Crippen LogP contribution in [0.3, 0.4) is 0 Å². The zero-order chi connectivity index (χ0) is 14.1. The third kappa shape index (κ3) is 2.17. The van der Waals surface area contributed by atoms with Gasteiger partial charge in [-0.2, -0.15) is 0 Å². The van der Waals surface area contributed by atoms with Crippen molar-refractivity contribution in [3.63, 3.8) is 0 Å². The molecule has 0 unspecified atom stereocenters. The molecule has 0 amide bonds. The summed E-state index contributed by atoms with van der Waals surface area (Å²) in [5.74, 6) is 1.26. The third-order valence-corrected chi connectivity index (χ3v) is 3.48. The fourth-order valence-corrected chi connectivity index (χ4v) is 2.50. The van der Waals surface area contributed by atoms with Crippen molar-refractivity contribution in [2.24, 2.45) is 4.99 Å². The Labute approximate surface area is 122 Å².